The van der Waals surface area contributed by atoms with Gasteiger partial charge in [-0.3, -0.25) is 14.2 Å². The van der Waals surface area contributed by atoms with Crippen molar-refractivity contribution in [3.05, 3.63) is 27.6 Å². The number of hydrogen-bond donors (Lipinski definition) is 1. The largest absolute Gasteiger partial charge is 0.354 e. The summed E-state index contributed by atoms with van der Waals surface area (Å²) in [6.07, 6.45) is 2.34. The molecule has 0 bridgehead atoms. The Morgan fingerprint density at radius 1 is 1.50 bits per heavy atom. The molecule has 0 aliphatic rings. The summed E-state index contributed by atoms with van der Waals surface area (Å²) in [5, 5.41) is 3.40. The van der Waals surface area contributed by atoms with Gasteiger partial charge in [-0.25, -0.2) is 4.98 Å². The lowest BCUT2D eigenvalue weighted by Crippen LogP contribution is -2.34. The van der Waals surface area contributed by atoms with E-state index < -0.39 is 0 Å². The van der Waals surface area contributed by atoms with Gasteiger partial charge in [0, 0.05) is 11.4 Å². The van der Waals surface area contributed by atoms with Gasteiger partial charge in [0.15, 0.2) is 0 Å². The maximum absolute atomic E-state index is 12.3. The number of fused-ring (bicyclic) bond motifs is 1. The number of thiophene rings is 1. The summed E-state index contributed by atoms with van der Waals surface area (Å²) in [5.74, 6) is 0.230. The van der Waals surface area contributed by atoms with Crippen molar-refractivity contribution >= 4 is 27.5 Å². The highest BCUT2D eigenvalue weighted by molar-refractivity contribution is 7.18. The molecule has 0 aromatic carbocycles. The normalized spacial score (nSPS) is 11.2. The van der Waals surface area contributed by atoms with Crippen molar-refractivity contribution in [1.82, 2.24) is 14.9 Å². The van der Waals surface area contributed by atoms with E-state index in [1.165, 1.54) is 22.2 Å². The van der Waals surface area contributed by atoms with Gasteiger partial charge >= 0.3 is 0 Å². The summed E-state index contributed by atoms with van der Waals surface area (Å²) < 4.78 is 1.37. The van der Waals surface area contributed by atoms with Crippen LogP contribution in [0.1, 0.15) is 25.6 Å². The summed E-state index contributed by atoms with van der Waals surface area (Å²) in [6, 6.07) is 1.87. The molecule has 2 rings (SSSR count). The Bertz CT molecular complexity index is 673. The third-order valence-electron chi connectivity index (χ3n) is 2.94. The smallest absolute Gasteiger partial charge is 0.262 e. The van der Waals surface area contributed by atoms with Gasteiger partial charge in [-0.05, 0) is 18.4 Å². The fraction of sp³-hybridized carbons (Fsp3) is 0.500. The van der Waals surface area contributed by atoms with E-state index in [1.54, 1.807) is 0 Å². The second-order valence-electron chi connectivity index (χ2n) is 5.16. The first-order valence-electron chi connectivity index (χ1n) is 6.75. The molecule has 1 amide bonds. The zero-order valence-electron chi connectivity index (χ0n) is 12.0. The van der Waals surface area contributed by atoms with Gasteiger partial charge in [0.1, 0.15) is 11.4 Å². The van der Waals surface area contributed by atoms with Crippen molar-refractivity contribution in [1.29, 1.82) is 0 Å². The van der Waals surface area contributed by atoms with Crippen LogP contribution in [-0.4, -0.2) is 22.0 Å². The van der Waals surface area contributed by atoms with Gasteiger partial charge in [-0.1, -0.05) is 20.8 Å². The van der Waals surface area contributed by atoms with Crippen molar-refractivity contribution in [3.63, 3.8) is 0 Å². The van der Waals surface area contributed by atoms with Crippen LogP contribution in [0.25, 0.3) is 10.2 Å². The van der Waals surface area contributed by atoms with Crippen molar-refractivity contribution < 1.29 is 4.79 Å². The second-order valence-corrected chi connectivity index (χ2v) is 6.28. The van der Waals surface area contributed by atoms with Crippen molar-refractivity contribution in [2.45, 2.75) is 33.7 Å². The summed E-state index contributed by atoms with van der Waals surface area (Å²) in [4.78, 5) is 30.2. The van der Waals surface area contributed by atoms with E-state index in [9.17, 15) is 9.59 Å². The molecular weight excluding hydrogens is 274 g/mol. The number of hydrogen-bond acceptors (Lipinski definition) is 4. The van der Waals surface area contributed by atoms with E-state index >= 15 is 0 Å². The second kappa shape index (κ2) is 6.17. The Kier molecular flexibility index (Phi) is 4.54. The zero-order chi connectivity index (χ0) is 14.7. The van der Waals surface area contributed by atoms with Gasteiger partial charge in [-0.2, -0.15) is 0 Å². The molecule has 20 heavy (non-hydrogen) atoms. The summed E-state index contributed by atoms with van der Waals surface area (Å²) in [7, 11) is 0. The first-order chi connectivity index (χ1) is 9.51. The minimum Gasteiger partial charge on any atom is -0.354 e. The number of amides is 1. The van der Waals surface area contributed by atoms with E-state index in [-0.39, 0.29) is 18.0 Å². The van der Waals surface area contributed by atoms with Crippen LogP contribution in [0, 0.1) is 5.92 Å². The lowest BCUT2D eigenvalue weighted by molar-refractivity contribution is -0.121. The van der Waals surface area contributed by atoms with Crippen LogP contribution in [-0.2, 0) is 17.8 Å². The molecule has 0 atom stereocenters. The fourth-order valence-corrected chi connectivity index (χ4v) is 2.75. The number of rotatable bonds is 5. The first kappa shape index (κ1) is 14.7. The highest BCUT2D eigenvalue weighted by Gasteiger charge is 2.10. The quantitative estimate of drug-likeness (QED) is 0.914. The lowest BCUT2D eigenvalue weighted by Gasteiger charge is -2.08. The Labute approximate surface area is 121 Å². The third kappa shape index (κ3) is 3.25. The van der Waals surface area contributed by atoms with Crippen molar-refractivity contribution in [2.75, 3.05) is 6.54 Å². The molecule has 0 saturated carbocycles. The van der Waals surface area contributed by atoms with Gasteiger partial charge in [0.2, 0.25) is 5.91 Å². The summed E-state index contributed by atoms with van der Waals surface area (Å²) >= 11 is 1.53. The van der Waals surface area contributed by atoms with Crippen LogP contribution in [0.4, 0.5) is 0 Å². The molecule has 0 aliphatic heterocycles. The molecule has 0 unspecified atom stereocenters. The number of carbonyl (C=O) groups excluding carboxylic acids is 1. The first-order valence-corrected chi connectivity index (χ1v) is 7.57. The van der Waals surface area contributed by atoms with E-state index in [1.807, 2.05) is 26.8 Å². The topological polar surface area (TPSA) is 64.0 Å². The predicted octanol–water partition coefficient (Wildman–Crippen LogP) is 1.79. The Balaban J connectivity index is 2.20. The van der Waals surface area contributed by atoms with E-state index in [4.69, 9.17) is 0 Å². The van der Waals surface area contributed by atoms with E-state index in [2.05, 4.69) is 10.3 Å². The number of aryl methyl sites for hydroxylation is 1. The van der Waals surface area contributed by atoms with Crippen LogP contribution in [0.2, 0.25) is 0 Å². The number of carbonyl (C=O) groups is 1. The molecule has 0 fully saturated rings. The lowest BCUT2D eigenvalue weighted by atomic mass is 10.2. The van der Waals surface area contributed by atoms with Crippen LogP contribution < -0.4 is 10.9 Å². The molecule has 2 aromatic rings. The monoisotopic (exact) mass is 293 g/mol. The van der Waals surface area contributed by atoms with Crippen LogP contribution >= 0.6 is 11.3 Å². The van der Waals surface area contributed by atoms with Crippen LogP contribution in [0.5, 0.6) is 0 Å². The Hall–Kier alpha value is -1.69. The highest BCUT2D eigenvalue weighted by Crippen LogP contribution is 2.20. The van der Waals surface area contributed by atoms with E-state index in [0.29, 0.717) is 17.8 Å². The SMILES string of the molecule is CCc1cc2c(=O)n(CC(=O)NCC(C)C)cnc2s1. The maximum atomic E-state index is 12.3. The van der Waals surface area contributed by atoms with Gasteiger partial charge < -0.3 is 5.32 Å². The molecular formula is C14H19N3O2S. The molecule has 1 N–H and O–H groups in total. The summed E-state index contributed by atoms with van der Waals surface area (Å²) in [6.45, 7) is 6.73. The maximum Gasteiger partial charge on any atom is 0.262 e. The minimum absolute atomic E-state index is 0.0196. The standard InChI is InChI=1S/C14H19N3O2S/c1-4-10-5-11-13(20-10)16-8-17(14(11)19)7-12(18)15-6-9(2)3/h5,8-9H,4,6-7H2,1-3H3,(H,15,18). The fourth-order valence-electron chi connectivity index (χ4n) is 1.83. The Morgan fingerprint density at radius 3 is 2.90 bits per heavy atom. The third-order valence-corrected chi connectivity index (χ3v) is 4.13. The molecule has 0 spiro atoms. The molecule has 0 aliphatic carbocycles. The van der Waals surface area contributed by atoms with Crippen LogP contribution in [0.15, 0.2) is 17.2 Å². The molecule has 6 heteroatoms. The Morgan fingerprint density at radius 2 is 2.25 bits per heavy atom. The predicted molar refractivity (Wildman–Crippen MR) is 81.1 cm³/mol. The van der Waals surface area contributed by atoms with Crippen LogP contribution in [0.3, 0.4) is 0 Å². The van der Waals surface area contributed by atoms with Gasteiger partial charge in [0.25, 0.3) is 5.56 Å². The average molecular weight is 293 g/mol. The highest BCUT2D eigenvalue weighted by atomic mass is 32.1. The van der Waals surface area contributed by atoms with Crippen molar-refractivity contribution in [2.24, 2.45) is 5.92 Å². The van der Waals surface area contributed by atoms with E-state index in [0.717, 1.165) is 16.1 Å². The molecule has 5 nitrogen and oxygen atoms in total. The minimum atomic E-state index is -0.159. The number of nitrogens with one attached hydrogen (secondary N) is 1. The molecule has 108 valence electrons. The molecule has 2 heterocycles. The number of nitrogens with zero attached hydrogens (tertiary/aromatic N) is 2. The average Bonchev–Trinajstić information content (AvgIpc) is 2.84. The summed E-state index contributed by atoms with van der Waals surface area (Å²) in [5.41, 5.74) is -0.148. The molecule has 0 saturated heterocycles. The van der Waals surface area contributed by atoms with Crippen molar-refractivity contribution in [3.8, 4) is 0 Å². The molecule has 2 aromatic heterocycles. The van der Waals surface area contributed by atoms with Gasteiger partial charge in [-0.15, -0.1) is 11.3 Å². The zero-order valence-corrected chi connectivity index (χ0v) is 12.8. The molecule has 0 radical (unpaired) electrons. The number of aromatic nitrogens is 2. The van der Waals surface area contributed by atoms with Gasteiger partial charge in [0.05, 0.1) is 11.7 Å².